The predicted octanol–water partition coefficient (Wildman–Crippen LogP) is 4.51. The average molecular weight is 683 g/mol. The average Bonchev–Trinajstić information content (AvgIpc) is 3.99. The fourth-order valence-corrected chi connectivity index (χ4v) is 9.12. The SMILES string of the molecule is O=C(O)c1ccc(NC(=O)c2ccc(N3C(=O)[C@@H]4[C@H](C3=O)[C@H]3C=C[C@H]4C3)cc2)c(NC(=O)c2ccc(N3C(=O)[C@H]4[C@H](C3=O)[C@H]3C=C[C@H]4C3)cc2)c1. The molecule has 4 fully saturated rings. The number of anilines is 4. The van der Waals surface area contributed by atoms with Gasteiger partial charge in [-0.1, -0.05) is 24.3 Å². The van der Waals surface area contributed by atoms with Gasteiger partial charge in [0.2, 0.25) is 23.6 Å². The van der Waals surface area contributed by atoms with Gasteiger partial charge in [0.05, 0.1) is 52.0 Å². The number of fused-ring (bicyclic) bond motifs is 10. The first-order valence-electron chi connectivity index (χ1n) is 16.9. The van der Waals surface area contributed by atoms with E-state index >= 15 is 0 Å². The number of carbonyl (C=O) groups excluding carboxylic acids is 6. The van der Waals surface area contributed by atoms with Gasteiger partial charge in [0.25, 0.3) is 11.8 Å². The second-order valence-corrected chi connectivity index (χ2v) is 14.1. The van der Waals surface area contributed by atoms with E-state index in [1.807, 2.05) is 24.3 Å². The van der Waals surface area contributed by atoms with Crippen LogP contribution in [0, 0.1) is 47.3 Å². The predicted molar refractivity (Wildman–Crippen MR) is 183 cm³/mol. The molecule has 0 spiro atoms. The number of hydrogen-bond acceptors (Lipinski definition) is 7. The molecule has 0 aromatic heterocycles. The zero-order valence-corrected chi connectivity index (χ0v) is 26.9. The number of nitrogens with one attached hydrogen (secondary N) is 2. The number of amides is 6. The van der Waals surface area contributed by atoms with E-state index in [4.69, 9.17) is 0 Å². The van der Waals surface area contributed by atoms with Gasteiger partial charge in [0.15, 0.2) is 0 Å². The topological polar surface area (TPSA) is 170 Å². The number of carbonyl (C=O) groups is 7. The monoisotopic (exact) mass is 682 g/mol. The molecule has 3 aromatic carbocycles. The van der Waals surface area contributed by atoms with E-state index in [-0.39, 0.29) is 99.0 Å². The third-order valence-electron chi connectivity index (χ3n) is 11.5. The van der Waals surface area contributed by atoms with Crippen LogP contribution in [0.4, 0.5) is 22.7 Å². The highest BCUT2D eigenvalue weighted by atomic mass is 16.4. The van der Waals surface area contributed by atoms with Crippen LogP contribution in [0.5, 0.6) is 0 Å². The number of carboxylic acids is 1. The highest BCUT2D eigenvalue weighted by molar-refractivity contribution is 6.24. The summed E-state index contributed by atoms with van der Waals surface area (Å²) in [6.45, 7) is 0. The molecule has 2 aliphatic heterocycles. The summed E-state index contributed by atoms with van der Waals surface area (Å²) < 4.78 is 0. The summed E-state index contributed by atoms with van der Waals surface area (Å²) in [6.07, 6.45) is 9.73. The summed E-state index contributed by atoms with van der Waals surface area (Å²) >= 11 is 0. The zero-order chi connectivity index (χ0) is 35.3. The molecule has 0 unspecified atom stereocenters. The molecule has 2 heterocycles. The minimum absolute atomic E-state index is 0.0256. The van der Waals surface area contributed by atoms with Crippen LogP contribution in [0.15, 0.2) is 91.0 Å². The molecule has 51 heavy (non-hydrogen) atoms. The minimum Gasteiger partial charge on any atom is -0.478 e. The van der Waals surface area contributed by atoms with Gasteiger partial charge >= 0.3 is 5.97 Å². The molecule has 3 aromatic rings. The van der Waals surface area contributed by atoms with E-state index in [1.165, 1.54) is 76.5 Å². The third kappa shape index (κ3) is 4.62. The Labute approximate surface area is 290 Å². The van der Waals surface area contributed by atoms with Crippen molar-refractivity contribution in [1.82, 2.24) is 0 Å². The van der Waals surface area contributed by atoms with Gasteiger partial charge in [-0.2, -0.15) is 0 Å². The zero-order valence-electron chi connectivity index (χ0n) is 26.9. The lowest BCUT2D eigenvalue weighted by Crippen LogP contribution is -2.32. The van der Waals surface area contributed by atoms with Crippen molar-refractivity contribution in [2.45, 2.75) is 12.8 Å². The minimum atomic E-state index is -1.24. The first kappa shape index (κ1) is 30.9. The molecule has 9 rings (SSSR count). The standard InChI is InChI=1S/C39H30N4O8/c44-33(18-5-10-25(11-6-18)42-35(46)29-20-1-2-21(15-20)30(29)36(42)47)40-27-14-9-24(39(50)51)17-28(27)41-34(45)19-7-12-26(13-8-19)43-37(48)31-22-3-4-23(16-22)32(31)38(43)49/h1-14,17,20-23,29-32H,15-16H2,(H,40,44)(H,41,45)(H,50,51)/t20-,21-,22-,23-,29-,30+,31+,32+/m0/s1. The third-order valence-corrected chi connectivity index (χ3v) is 11.5. The number of rotatable bonds is 7. The van der Waals surface area contributed by atoms with Crippen LogP contribution in [-0.4, -0.2) is 46.5 Å². The lowest BCUT2D eigenvalue weighted by molar-refractivity contribution is -0.124. The lowest BCUT2D eigenvalue weighted by Gasteiger charge is -2.18. The summed E-state index contributed by atoms with van der Waals surface area (Å²) in [5, 5.41) is 15.0. The summed E-state index contributed by atoms with van der Waals surface area (Å²) in [6, 6.07) is 15.9. The van der Waals surface area contributed by atoms with Crippen molar-refractivity contribution >= 4 is 64.2 Å². The summed E-state index contributed by atoms with van der Waals surface area (Å²) in [5.74, 6) is -4.45. The Kier molecular flexibility index (Phi) is 6.76. The van der Waals surface area contributed by atoms with Crippen LogP contribution in [0.2, 0.25) is 0 Å². The maximum absolute atomic E-state index is 13.4. The summed E-state index contributed by atoms with van der Waals surface area (Å²) in [4.78, 5) is 93.7. The van der Waals surface area contributed by atoms with Crippen molar-refractivity contribution in [1.29, 1.82) is 0 Å². The van der Waals surface area contributed by atoms with Crippen LogP contribution in [0.25, 0.3) is 0 Å². The molecule has 6 amide bonds. The summed E-state index contributed by atoms with van der Waals surface area (Å²) in [7, 11) is 0. The Hall–Kier alpha value is -6.17. The lowest BCUT2D eigenvalue weighted by atomic mass is 9.85. The van der Waals surface area contributed by atoms with Crippen LogP contribution < -0.4 is 20.4 Å². The van der Waals surface area contributed by atoms with Crippen molar-refractivity contribution in [3.8, 4) is 0 Å². The van der Waals surface area contributed by atoms with Crippen molar-refractivity contribution in [2.75, 3.05) is 20.4 Å². The Morgan fingerprint density at radius 3 is 1.24 bits per heavy atom. The Bertz CT molecular complexity index is 2110. The quantitative estimate of drug-likeness (QED) is 0.241. The molecular weight excluding hydrogens is 652 g/mol. The van der Waals surface area contributed by atoms with Crippen LogP contribution in [0.3, 0.4) is 0 Å². The molecule has 8 atom stereocenters. The van der Waals surface area contributed by atoms with Gasteiger partial charge in [-0.3, -0.25) is 38.6 Å². The first-order valence-corrected chi connectivity index (χ1v) is 16.9. The van der Waals surface area contributed by atoms with Gasteiger partial charge in [-0.15, -0.1) is 0 Å². The number of nitrogens with zero attached hydrogens (tertiary/aromatic N) is 2. The highest BCUT2D eigenvalue weighted by Crippen LogP contribution is 2.54. The number of benzene rings is 3. The van der Waals surface area contributed by atoms with Gasteiger partial charge in [-0.05, 0) is 103 Å². The fraction of sp³-hybridized carbons (Fsp3) is 0.256. The van der Waals surface area contributed by atoms with Crippen molar-refractivity contribution in [3.63, 3.8) is 0 Å². The van der Waals surface area contributed by atoms with E-state index in [0.717, 1.165) is 12.8 Å². The second-order valence-electron chi connectivity index (χ2n) is 14.1. The van der Waals surface area contributed by atoms with Crippen LogP contribution in [0.1, 0.15) is 43.9 Å². The molecule has 6 aliphatic rings. The number of hydrogen-bond donors (Lipinski definition) is 3. The van der Waals surface area contributed by atoms with E-state index in [2.05, 4.69) is 10.6 Å². The Balaban J connectivity index is 0.904. The van der Waals surface area contributed by atoms with E-state index in [9.17, 15) is 38.7 Å². The number of imide groups is 2. The van der Waals surface area contributed by atoms with E-state index in [0.29, 0.717) is 11.4 Å². The van der Waals surface area contributed by atoms with Gasteiger partial charge in [0.1, 0.15) is 0 Å². The number of allylic oxidation sites excluding steroid dienone is 4. The van der Waals surface area contributed by atoms with Gasteiger partial charge in [0, 0.05) is 11.1 Å². The van der Waals surface area contributed by atoms with E-state index < -0.39 is 17.8 Å². The van der Waals surface area contributed by atoms with Crippen molar-refractivity contribution in [3.05, 3.63) is 108 Å². The fourth-order valence-electron chi connectivity index (χ4n) is 9.12. The van der Waals surface area contributed by atoms with Crippen molar-refractivity contribution < 1.29 is 38.7 Å². The number of carboxylic acid groups (broad SMARTS) is 1. The molecule has 3 N–H and O–H groups in total. The van der Waals surface area contributed by atoms with Crippen molar-refractivity contribution in [2.24, 2.45) is 47.3 Å². The second kappa shape index (κ2) is 11.2. The molecule has 254 valence electrons. The first-order chi connectivity index (χ1) is 24.6. The van der Waals surface area contributed by atoms with E-state index in [1.54, 1.807) is 0 Å². The maximum Gasteiger partial charge on any atom is 0.335 e. The molecule has 12 nitrogen and oxygen atoms in total. The number of aromatic carboxylic acids is 1. The Morgan fingerprint density at radius 1 is 0.510 bits per heavy atom. The molecule has 4 aliphatic carbocycles. The van der Waals surface area contributed by atoms with Crippen LogP contribution in [-0.2, 0) is 19.2 Å². The largest absolute Gasteiger partial charge is 0.478 e. The van der Waals surface area contributed by atoms with Gasteiger partial charge in [-0.25, -0.2) is 4.79 Å². The smallest absolute Gasteiger partial charge is 0.335 e. The molecule has 0 radical (unpaired) electrons. The van der Waals surface area contributed by atoms with Crippen LogP contribution >= 0.6 is 0 Å². The normalized spacial score (nSPS) is 29.3. The highest BCUT2D eigenvalue weighted by Gasteiger charge is 2.60. The maximum atomic E-state index is 13.4. The molecular formula is C39H30N4O8. The van der Waals surface area contributed by atoms with Gasteiger partial charge < -0.3 is 15.7 Å². The molecule has 4 bridgehead atoms. The molecule has 2 saturated heterocycles. The summed E-state index contributed by atoms with van der Waals surface area (Å²) in [5.41, 5.74) is 1.15. The molecule has 12 heteroatoms. The molecule has 2 saturated carbocycles. The Morgan fingerprint density at radius 2 is 0.863 bits per heavy atom.